The minimum absolute atomic E-state index is 0.0694. The minimum Gasteiger partial charge on any atom is -0.480 e. The largest absolute Gasteiger partial charge is 0.480 e. The Balaban J connectivity index is 2.15. The molecule has 2 aromatic rings. The van der Waals surface area contributed by atoms with Gasteiger partial charge in [0.1, 0.15) is 5.58 Å². The Morgan fingerprint density at radius 2 is 2.04 bits per heavy atom. The van der Waals surface area contributed by atoms with E-state index in [0.717, 1.165) is 16.5 Å². The van der Waals surface area contributed by atoms with Gasteiger partial charge in [0.05, 0.1) is 13.2 Å². The number of carbonyl (C=O) groups is 2. The number of carboxylic acid groups (broad SMARTS) is 1. The van der Waals surface area contributed by atoms with E-state index in [9.17, 15) is 9.59 Å². The second kappa shape index (κ2) is 7.11. The number of carboxylic acids is 1. The first-order valence-corrected chi connectivity index (χ1v) is 7.15. The molecule has 2 N–H and O–H groups in total. The van der Waals surface area contributed by atoms with Crippen molar-refractivity contribution in [2.24, 2.45) is 0 Å². The third kappa shape index (κ3) is 3.98. The van der Waals surface area contributed by atoms with Gasteiger partial charge < -0.3 is 19.6 Å². The molecule has 1 unspecified atom stereocenters. The summed E-state index contributed by atoms with van der Waals surface area (Å²) >= 11 is 0. The topological polar surface area (TPSA) is 88.8 Å². The Kier molecular flexibility index (Phi) is 5.18. The number of hydrogen-bond donors (Lipinski definition) is 2. The molecule has 0 spiro atoms. The maximum atomic E-state index is 12.2. The molecular formula is C17H19NO5. The van der Waals surface area contributed by atoms with Gasteiger partial charge >= 0.3 is 5.97 Å². The van der Waals surface area contributed by atoms with Crippen LogP contribution in [0.5, 0.6) is 0 Å². The summed E-state index contributed by atoms with van der Waals surface area (Å²) < 4.78 is 10.6. The van der Waals surface area contributed by atoms with Gasteiger partial charge in [-0.25, -0.2) is 4.79 Å². The number of furan rings is 1. The molecule has 0 fully saturated rings. The van der Waals surface area contributed by atoms with Crippen molar-refractivity contribution >= 4 is 22.8 Å². The highest BCUT2D eigenvalue weighted by atomic mass is 16.5. The van der Waals surface area contributed by atoms with Gasteiger partial charge in [0, 0.05) is 5.39 Å². The Morgan fingerprint density at radius 1 is 1.35 bits per heavy atom. The van der Waals surface area contributed by atoms with Crippen LogP contribution in [0.4, 0.5) is 0 Å². The van der Waals surface area contributed by atoms with E-state index >= 15 is 0 Å². The molecule has 0 aliphatic carbocycles. The summed E-state index contributed by atoms with van der Waals surface area (Å²) in [4.78, 5) is 23.4. The standard InChI is InChI=1S/C17H19NO5/c1-4-5-22-9-13(17(20)21)18-16(19)15-8-12-6-10(2)11(3)7-14(12)23-15/h4,6-8,13H,1,5,9H2,2-3H3,(H,18,19)(H,20,21). The number of hydrogen-bond acceptors (Lipinski definition) is 4. The number of benzene rings is 1. The van der Waals surface area contributed by atoms with Crippen LogP contribution in [0, 0.1) is 13.8 Å². The average Bonchev–Trinajstić information content (AvgIpc) is 2.89. The molecule has 0 saturated heterocycles. The van der Waals surface area contributed by atoms with Crippen LogP contribution in [0.1, 0.15) is 21.7 Å². The Labute approximate surface area is 133 Å². The lowest BCUT2D eigenvalue weighted by Crippen LogP contribution is -2.43. The van der Waals surface area contributed by atoms with Gasteiger partial charge in [-0.05, 0) is 43.2 Å². The van der Waals surface area contributed by atoms with Crippen molar-refractivity contribution in [1.82, 2.24) is 5.32 Å². The van der Waals surface area contributed by atoms with Crippen LogP contribution in [-0.4, -0.2) is 36.2 Å². The number of amides is 1. The van der Waals surface area contributed by atoms with Crippen LogP contribution in [0.25, 0.3) is 11.0 Å². The highest BCUT2D eigenvalue weighted by Gasteiger charge is 2.23. The zero-order chi connectivity index (χ0) is 17.0. The monoisotopic (exact) mass is 317 g/mol. The fraction of sp³-hybridized carbons (Fsp3) is 0.294. The summed E-state index contributed by atoms with van der Waals surface area (Å²) in [5, 5.41) is 12.3. The van der Waals surface area contributed by atoms with Crippen molar-refractivity contribution in [3.63, 3.8) is 0 Å². The van der Waals surface area contributed by atoms with Gasteiger partial charge in [-0.1, -0.05) is 6.08 Å². The molecular weight excluding hydrogens is 298 g/mol. The smallest absolute Gasteiger partial charge is 0.328 e. The van der Waals surface area contributed by atoms with Crippen molar-refractivity contribution in [1.29, 1.82) is 0 Å². The van der Waals surface area contributed by atoms with Gasteiger partial charge in [0.25, 0.3) is 5.91 Å². The quantitative estimate of drug-likeness (QED) is 0.605. The van der Waals surface area contributed by atoms with Gasteiger partial charge in [-0.15, -0.1) is 6.58 Å². The van der Waals surface area contributed by atoms with E-state index in [2.05, 4.69) is 11.9 Å². The fourth-order valence-electron chi connectivity index (χ4n) is 2.09. The number of carbonyl (C=O) groups excluding carboxylic acids is 1. The SMILES string of the molecule is C=CCOCC(NC(=O)c1cc2cc(C)c(C)cc2o1)C(=O)O. The minimum atomic E-state index is -1.18. The molecule has 23 heavy (non-hydrogen) atoms. The summed E-state index contributed by atoms with van der Waals surface area (Å²) in [6.07, 6.45) is 1.50. The maximum Gasteiger partial charge on any atom is 0.328 e. The Bertz CT molecular complexity index is 708. The first-order chi connectivity index (χ1) is 10.9. The summed E-state index contributed by atoms with van der Waals surface area (Å²) in [5.74, 6) is -1.70. The molecule has 122 valence electrons. The summed E-state index contributed by atoms with van der Waals surface area (Å²) in [6, 6.07) is 4.22. The van der Waals surface area contributed by atoms with Crippen molar-refractivity contribution < 1.29 is 23.8 Å². The van der Waals surface area contributed by atoms with Crippen LogP contribution in [-0.2, 0) is 9.53 Å². The van der Waals surface area contributed by atoms with Crippen molar-refractivity contribution in [2.45, 2.75) is 19.9 Å². The van der Waals surface area contributed by atoms with Gasteiger partial charge in [0.15, 0.2) is 11.8 Å². The lowest BCUT2D eigenvalue weighted by atomic mass is 10.1. The van der Waals surface area contributed by atoms with Crippen LogP contribution >= 0.6 is 0 Å². The molecule has 0 aliphatic rings. The molecule has 6 nitrogen and oxygen atoms in total. The number of nitrogens with one attached hydrogen (secondary N) is 1. The van der Waals surface area contributed by atoms with Crippen molar-refractivity contribution in [3.05, 3.63) is 47.7 Å². The lowest BCUT2D eigenvalue weighted by molar-refractivity contribution is -0.140. The second-order valence-corrected chi connectivity index (χ2v) is 5.28. The maximum absolute atomic E-state index is 12.2. The van der Waals surface area contributed by atoms with E-state index in [-0.39, 0.29) is 19.0 Å². The predicted octanol–water partition coefficient (Wildman–Crippen LogP) is 2.44. The van der Waals surface area contributed by atoms with Gasteiger partial charge in [0.2, 0.25) is 0 Å². The first-order valence-electron chi connectivity index (χ1n) is 7.15. The molecule has 0 bridgehead atoms. The Morgan fingerprint density at radius 3 is 2.70 bits per heavy atom. The van der Waals surface area contributed by atoms with E-state index in [1.807, 2.05) is 26.0 Å². The Hall–Kier alpha value is -2.60. The van der Waals surface area contributed by atoms with E-state index in [1.165, 1.54) is 6.08 Å². The van der Waals surface area contributed by atoms with Crippen molar-refractivity contribution in [2.75, 3.05) is 13.2 Å². The number of fused-ring (bicyclic) bond motifs is 1. The molecule has 1 aromatic heterocycles. The van der Waals surface area contributed by atoms with E-state index < -0.39 is 17.9 Å². The first kappa shape index (κ1) is 16.8. The molecule has 0 saturated carbocycles. The summed E-state index contributed by atoms with van der Waals surface area (Å²) in [7, 11) is 0. The van der Waals surface area contributed by atoms with Crippen LogP contribution < -0.4 is 5.32 Å². The van der Waals surface area contributed by atoms with Gasteiger partial charge in [-0.3, -0.25) is 4.79 Å². The molecule has 2 rings (SSSR count). The zero-order valence-electron chi connectivity index (χ0n) is 13.1. The fourth-order valence-corrected chi connectivity index (χ4v) is 2.09. The number of aryl methyl sites for hydroxylation is 2. The lowest BCUT2D eigenvalue weighted by Gasteiger charge is -2.13. The third-order valence-corrected chi connectivity index (χ3v) is 3.48. The summed E-state index contributed by atoms with van der Waals surface area (Å²) in [6.45, 7) is 7.46. The van der Waals surface area contributed by atoms with Gasteiger partial charge in [-0.2, -0.15) is 0 Å². The van der Waals surface area contributed by atoms with E-state index in [4.69, 9.17) is 14.3 Å². The van der Waals surface area contributed by atoms with Crippen LogP contribution in [0.2, 0.25) is 0 Å². The highest BCUT2D eigenvalue weighted by molar-refractivity contribution is 5.98. The predicted molar refractivity (Wildman–Crippen MR) is 85.6 cm³/mol. The number of ether oxygens (including phenoxy) is 1. The highest BCUT2D eigenvalue weighted by Crippen LogP contribution is 2.23. The molecule has 0 aliphatic heterocycles. The molecule has 1 atom stereocenters. The van der Waals surface area contributed by atoms with E-state index in [1.54, 1.807) is 6.07 Å². The molecule has 1 heterocycles. The molecule has 1 aromatic carbocycles. The summed E-state index contributed by atoms with van der Waals surface area (Å²) in [5.41, 5.74) is 2.74. The zero-order valence-corrected chi connectivity index (χ0v) is 13.1. The van der Waals surface area contributed by atoms with Crippen LogP contribution in [0.3, 0.4) is 0 Å². The van der Waals surface area contributed by atoms with E-state index in [0.29, 0.717) is 5.58 Å². The third-order valence-electron chi connectivity index (χ3n) is 3.48. The number of aliphatic carboxylic acids is 1. The van der Waals surface area contributed by atoms with Crippen LogP contribution in [0.15, 0.2) is 35.3 Å². The second-order valence-electron chi connectivity index (χ2n) is 5.28. The molecule has 0 radical (unpaired) electrons. The normalized spacial score (nSPS) is 12.1. The number of rotatable bonds is 7. The molecule has 1 amide bonds. The van der Waals surface area contributed by atoms with Crippen molar-refractivity contribution in [3.8, 4) is 0 Å². The molecule has 6 heteroatoms. The average molecular weight is 317 g/mol.